The Morgan fingerprint density at radius 1 is 1.06 bits per heavy atom. The molecule has 1 saturated heterocycles. The van der Waals surface area contributed by atoms with Crippen molar-refractivity contribution in [2.24, 2.45) is 0 Å². The SMILES string of the molecule is O=C(COc1ccc2oc3c(c2c1)CCCC3)Nc1ccccc1C(=O)NCC1CCCO1. The van der Waals surface area contributed by atoms with Gasteiger partial charge in [-0.15, -0.1) is 0 Å². The fraction of sp³-hybridized carbons (Fsp3) is 0.385. The molecule has 5 rings (SSSR count). The lowest BCUT2D eigenvalue weighted by Gasteiger charge is -2.14. The van der Waals surface area contributed by atoms with Gasteiger partial charge < -0.3 is 24.5 Å². The third kappa shape index (κ3) is 4.88. The van der Waals surface area contributed by atoms with Gasteiger partial charge in [-0.25, -0.2) is 0 Å². The minimum Gasteiger partial charge on any atom is -0.484 e. The molecule has 1 aliphatic heterocycles. The molecule has 7 heteroatoms. The summed E-state index contributed by atoms with van der Waals surface area (Å²) >= 11 is 0. The Balaban J connectivity index is 1.20. The maximum absolute atomic E-state index is 12.6. The predicted octanol–water partition coefficient (Wildman–Crippen LogP) is 4.24. The largest absolute Gasteiger partial charge is 0.484 e. The van der Waals surface area contributed by atoms with Crippen LogP contribution in [-0.4, -0.2) is 37.7 Å². The number of fused-ring (bicyclic) bond motifs is 3. The normalized spacial score (nSPS) is 17.5. The van der Waals surface area contributed by atoms with E-state index in [0.29, 0.717) is 23.5 Å². The second-order valence-electron chi connectivity index (χ2n) is 8.60. The average molecular weight is 449 g/mol. The molecule has 0 spiro atoms. The molecule has 3 aromatic rings. The molecule has 1 fully saturated rings. The molecule has 0 bridgehead atoms. The van der Waals surface area contributed by atoms with Crippen LogP contribution in [-0.2, 0) is 22.4 Å². The molecule has 1 atom stereocenters. The quantitative estimate of drug-likeness (QED) is 0.564. The van der Waals surface area contributed by atoms with Gasteiger partial charge in [0.2, 0.25) is 0 Å². The Hall–Kier alpha value is -3.32. The van der Waals surface area contributed by atoms with Crippen molar-refractivity contribution < 1.29 is 23.5 Å². The molecular formula is C26H28N2O5. The summed E-state index contributed by atoms with van der Waals surface area (Å²) in [6.45, 7) is 1.05. The lowest BCUT2D eigenvalue weighted by molar-refractivity contribution is -0.118. The minimum absolute atomic E-state index is 0.0577. The van der Waals surface area contributed by atoms with Crippen LogP contribution >= 0.6 is 0 Å². The van der Waals surface area contributed by atoms with Gasteiger partial charge in [0.05, 0.1) is 17.4 Å². The number of rotatable bonds is 7. The second-order valence-corrected chi connectivity index (χ2v) is 8.60. The minimum atomic E-state index is -0.330. The van der Waals surface area contributed by atoms with E-state index in [2.05, 4.69) is 10.6 Å². The first-order valence-corrected chi connectivity index (χ1v) is 11.6. The number of furan rings is 1. The van der Waals surface area contributed by atoms with Crippen molar-refractivity contribution in [3.63, 3.8) is 0 Å². The topological polar surface area (TPSA) is 89.8 Å². The summed E-state index contributed by atoms with van der Waals surface area (Å²) < 4.78 is 17.3. The number of hydrogen-bond acceptors (Lipinski definition) is 5. The van der Waals surface area contributed by atoms with Crippen LogP contribution in [0.3, 0.4) is 0 Å². The van der Waals surface area contributed by atoms with Crippen molar-refractivity contribution in [3.05, 3.63) is 59.4 Å². The van der Waals surface area contributed by atoms with Crippen LogP contribution in [0.25, 0.3) is 11.0 Å². The lowest BCUT2D eigenvalue weighted by atomic mass is 9.96. The van der Waals surface area contributed by atoms with Gasteiger partial charge in [0.25, 0.3) is 11.8 Å². The van der Waals surface area contributed by atoms with Gasteiger partial charge in [-0.2, -0.15) is 0 Å². The highest BCUT2D eigenvalue weighted by atomic mass is 16.5. The molecule has 1 unspecified atom stereocenters. The van der Waals surface area contributed by atoms with E-state index in [1.807, 2.05) is 18.2 Å². The van der Waals surface area contributed by atoms with Gasteiger partial charge in [-0.1, -0.05) is 12.1 Å². The van der Waals surface area contributed by atoms with Gasteiger partial charge in [-0.3, -0.25) is 9.59 Å². The molecule has 0 radical (unpaired) electrons. The van der Waals surface area contributed by atoms with E-state index in [4.69, 9.17) is 13.9 Å². The third-order valence-corrected chi connectivity index (χ3v) is 6.26. The van der Waals surface area contributed by atoms with Crippen molar-refractivity contribution in [3.8, 4) is 5.75 Å². The molecular weight excluding hydrogens is 420 g/mol. The van der Waals surface area contributed by atoms with Crippen molar-refractivity contribution in [1.82, 2.24) is 5.32 Å². The predicted molar refractivity (Wildman–Crippen MR) is 125 cm³/mol. The summed E-state index contributed by atoms with van der Waals surface area (Å²) in [7, 11) is 0. The molecule has 33 heavy (non-hydrogen) atoms. The number of carbonyl (C=O) groups excluding carboxylic acids is 2. The fourth-order valence-electron chi connectivity index (χ4n) is 4.56. The van der Waals surface area contributed by atoms with Crippen LogP contribution in [0.4, 0.5) is 5.69 Å². The van der Waals surface area contributed by atoms with Crippen LogP contribution in [0.5, 0.6) is 5.75 Å². The second kappa shape index (κ2) is 9.67. The number of benzene rings is 2. The molecule has 2 aliphatic rings. The summed E-state index contributed by atoms with van der Waals surface area (Å²) in [6, 6.07) is 12.6. The van der Waals surface area contributed by atoms with Gasteiger partial charge in [0.1, 0.15) is 17.1 Å². The molecule has 1 aliphatic carbocycles. The van der Waals surface area contributed by atoms with E-state index in [9.17, 15) is 9.59 Å². The summed E-state index contributed by atoms with van der Waals surface area (Å²) in [5.41, 5.74) is 2.99. The molecule has 2 heterocycles. The van der Waals surface area contributed by atoms with Crippen molar-refractivity contribution in [2.75, 3.05) is 25.1 Å². The first-order valence-electron chi connectivity index (χ1n) is 11.6. The summed E-state index contributed by atoms with van der Waals surface area (Å²) in [5, 5.41) is 6.76. The maximum atomic E-state index is 12.6. The van der Waals surface area contributed by atoms with Crippen molar-refractivity contribution >= 4 is 28.5 Å². The highest BCUT2D eigenvalue weighted by Crippen LogP contribution is 2.34. The smallest absolute Gasteiger partial charge is 0.262 e. The summed E-state index contributed by atoms with van der Waals surface area (Å²) in [4.78, 5) is 25.2. The number of ether oxygens (including phenoxy) is 2. The molecule has 1 aromatic heterocycles. The van der Waals surface area contributed by atoms with Gasteiger partial charge in [0, 0.05) is 30.5 Å². The zero-order valence-electron chi connectivity index (χ0n) is 18.5. The molecule has 7 nitrogen and oxygen atoms in total. The summed E-state index contributed by atoms with van der Waals surface area (Å²) in [5.74, 6) is 1.12. The average Bonchev–Trinajstić information content (AvgIpc) is 3.49. The number of amides is 2. The van der Waals surface area contributed by atoms with Crippen molar-refractivity contribution in [2.45, 2.75) is 44.6 Å². The van der Waals surface area contributed by atoms with Crippen LogP contribution in [0.15, 0.2) is 46.9 Å². The number of carbonyl (C=O) groups is 2. The third-order valence-electron chi connectivity index (χ3n) is 6.26. The molecule has 172 valence electrons. The first kappa shape index (κ1) is 21.5. The lowest BCUT2D eigenvalue weighted by Crippen LogP contribution is -2.32. The summed E-state index contributed by atoms with van der Waals surface area (Å²) in [6.07, 6.45) is 6.33. The van der Waals surface area contributed by atoms with Crippen LogP contribution < -0.4 is 15.4 Å². The van der Waals surface area contributed by atoms with E-state index in [1.165, 1.54) is 5.56 Å². The first-order chi connectivity index (χ1) is 16.2. The Morgan fingerprint density at radius 2 is 1.94 bits per heavy atom. The van der Waals surface area contributed by atoms with E-state index in [1.54, 1.807) is 24.3 Å². The zero-order valence-corrected chi connectivity index (χ0v) is 18.5. The maximum Gasteiger partial charge on any atom is 0.262 e. The standard InChI is InChI=1S/C26H28N2O5/c29-25(16-32-17-11-12-24-21(14-17)19-7-2-4-10-23(19)33-24)28-22-9-3-1-8-20(22)26(30)27-15-18-6-5-13-31-18/h1,3,8-9,11-12,14,18H,2,4-7,10,13,15-16H2,(H,27,30)(H,28,29). The van der Waals surface area contributed by atoms with E-state index >= 15 is 0 Å². The number of para-hydroxylation sites is 1. The Labute approximate surface area is 192 Å². The van der Waals surface area contributed by atoms with Crippen molar-refractivity contribution in [1.29, 1.82) is 0 Å². The van der Waals surface area contributed by atoms with Gasteiger partial charge >= 0.3 is 0 Å². The fourth-order valence-corrected chi connectivity index (χ4v) is 4.56. The highest BCUT2D eigenvalue weighted by Gasteiger charge is 2.20. The van der Waals surface area contributed by atoms with E-state index < -0.39 is 0 Å². The van der Waals surface area contributed by atoms with E-state index in [-0.39, 0.29) is 24.5 Å². The molecule has 2 N–H and O–H groups in total. The molecule has 2 amide bonds. The number of aryl methyl sites for hydroxylation is 2. The van der Waals surface area contributed by atoms with Crippen LogP contribution in [0.2, 0.25) is 0 Å². The van der Waals surface area contributed by atoms with Crippen LogP contribution in [0, 0.1) is 0 Å². The van der Waals surface area contributed by atoms with Gasteiger partial charge in [0.15, 0.2) is 6.61 Å². The Morgan fingerprint density at radius 3 is 2.82 bits per heavy atom. The number of anilines is 1. The monoisotopic (exact) mass is 448 g/mol. The van der Waals surface area contributed by atoms with E-state index in [0.717, 1.165) is 61.9 Å². The highest BCUT2D eigenvalue weighted by molar-refractivity contribution is 6.04. The van der Waals surface area contributed by atoms with Gasteiger partial charge in [-0.05, 0) is 62.4 Å². The zero-order chi connectivity index (χ0) is 22.6. The molecule has 2 aromatic carbocycles. The van der Waals surface area contributed by atoms with Crippen LogP contribution in [0.1, 0.15) is 47.4 Å². The number of hydrogen-bond donors (Lipinski definition) is 2. The Kier molecular flexibility index (Phi) is 6.30. The Bertz CT molecular complexity index is 1160. The number of nitrogens with one attached hydrogen (secondary N) is 2. The molecule has 0 saturated carbocycles.